The summed E-state index contributed by atoms with van der Waals surface area (Å²) in [5.74, 6) is 0. The number of sulfonamides is 1. The first-order chi connectivity index (χ1) is 10.1. The first kappa shape index (κ1) is 15.7. The Hall–Kier alpha value is -1.70. The van der Waals surface area contributed by atoms with Gasteiger partial charge >= 0.3 is 0 Å². The van der Waals surface area contributed by atoms with Crippen LogP contribution in [0, 0.1) is 0 Å². The zero-order valence-electron chi connectivity index (χ0n) is 11.6. The van der Waals surface area contributed by atoms with Crippen LogP contribution in [0.2, 0.25) is 0 Å². The molecule has 7 heteroatoms. The molecule has 6 nitrogen and oxygen atoms in total. The fourth-order valence-corrected chi connectivity index (χ4v) is 2.88. The van der Waals surface area contributed by atoms with Crippen LogP contribution in [0.15, 0.2) is 47.6 Å². The van der Waals surface area contributed by atoms with Crippen LogP contribution < -0.4 is 4.72 Å². The van der Waals surface area contributed by atoms with Crippen molar-refractivity contribution in [1.29, 1.82) is 0 Å². The number of aryl methyl sites for hydroxylation is 1. The molecule has 0 saturated carbocycles. The molecular weight excluding hydrogens is 290 g/mol. The van der Waals surface area contributed by atoms with Crippen LogP contribution in [0.1, 0.15) is 12.0 Å². The summed E-state index contributed by atoms with van der Waals surface area (Å²) >= 11 is 0. The number of hydrogen-bond donors (Lipinski definition) is 2. The number of hydrogen-bond acceptors (Lipinski definition) is 4. The number of benzene rings is 1. The normalized spacial score (nSPS) is 11.7. The second-order valence-corrected chi connectivity index (χ2v) is 6.42. The van der Waals surface area contributed by atoms with Gasteiger partial charge in [-0.2, -0.15) is 5.10 Å². The SMILES string of the molecule is O=S(=O)(NCCc1ccccc1)c1cnn(CCCO)c1. The van der Waals surface area contributed by atoms with Crippen molar-refractivity contribution in [1.82, 2.24) is 14.5 Å². The Bertz CT molecular complexity index is 653. The molecule has 21 heavy (non-hydrogen) atoms. The molecule has 114 valence electrons. The Kier molecular flexibility index (Phi) is 5.49. The van der Waals surface area contributed by atoms with Crippen LogP contribution in [0.3, 0.4) is 0 Å². The Morgan fingerprint density at radius 1 is 1.24 bits per heavy atom. The van der Waals surface area contributed by atoms with Gasteiger partial charge in [-0.05, 0) is 18.4 Å². The quantitative estimate of drug-likeness (QED) is 0.755. The summed E-state index contributed by atoms with van der Waals surface area (Å²) < 4.78 is 28.3. The largest absolute Gasteiger partial charge is 0.396 e. The van der Waals surface area contributed by atoms with E-state index in [1.54, 1.807) is 0 Å². The summed E-state index contributed by atoms with van der Waals surface area (Å²) in [4.78, 5) is 0.147. The molecule has 0 unspecified atom stereocenters. The molecule has 0 radical (unpaired) electrons. The number of aromatic nitrogens is 2. The van der Waals surface area contributed by atoms with Crippen molar-refractivity contribution >= 4 is 10.0 Å². The van der Waals surface area contributed by atoms with E-state index in [2.05, 4.69) is 9.82 Å². The highest BCUT2D eigenvalue weighted by Crippen LogP contribution is 2.07. The van der Waals surface area contributed by atoms with Gasteiger partial charge in [-0.3, -0.25) is 4.68 Å². The number of aliphatic hydroxyl groups is 1. The van der Waals surface area contributed by atoms with Gasteiger partial charge in [-0.25, -0.2) is 13.1 Å². The second-order valence-electron chi connectivity index (χ2n) is 4.65. The van der Waals surface area contributed by atoms with Crippen LogP contribution in [-0.2, 0) is 23.0 Å². The Balaban J connectivity index is 1.90. The smallest absolute Gasteiger partial charge is 0.243 e. The Labute approximate surface area is 124 Å². The van der Waals surface area contributed by atoms with E-state index >= 15 is 0 Å². The summed E-state index contributed by atoms with van der Waals surface area (Å²) in [6.45, 7) is 0.890. The molecule has 0 atom stereocenters. The van der Waals surface area contributed by atoms with Crippen molar-refractivity contribution in [3.05, 3.63) is 48.3 Å². The molecule has 0 aliphatic rings. The number of aliphatic hydroxyl groups excluding tert-OH is 1. The maximum absolute atomic E-state index is 12.1. The lowest BCUT2D eigenvalue weighted by Gasteiger charge is -2.04. The third-order valence-corrected chi connectivity index (χ3v) is 4.43. The number of nitrogens with one attached hydrogen (secondary N) is 1. The zero-order chi connectivity index (χ0) is 15.1. The van der Waals surface area contributed by atoms with Gasteiger partial charge in [0.15, 0.2) is 0 Å². The van der Waals surface area contributed by atoms with Crippen LogP contribution in [0.5, 0.6) is 0 Å². The molecule has 2 N–H and O–H groups in total. The third kappa shape index (κ3) is 4.66. The number of rotatable bonds is 8. The van der Waals surface area contributed by atoms with Crippen molar-refractivity contribution in [3.8, 4) is 0 Å². The molecule has 0 aliphatic carbocycles. The van der Waals surface area contributed by atoms with Crippen LogP contribution in [-0.4, -0.2) is 36.5 Å². The van der Waals surface area contributed by atoms with Crippen LogP contribution >= 0.6 is 0 Å². The lowest BCUT2D eigenvalue weighted by atomic mass is 10.2. The van der Waals surface area contributed by atoms with Gasteiger partial charge in [-0.15, -0.1) is 0 Å². The molecule has 0 spiro atoms. The van der Waals surface area contributed by atoms with Crippen molar-refractivity contribution < 1.29 is 13.5 Å². The highest BCUT2D eigenvalue weighted by molar-refractivity contribution is 7.89. The van der Waals surface area contributed by atoms with E-state index in [1.165, 1.54) is 17.1 Å². The molecule has 0 bridgehead atoms. The highest BCUT2D eigenvalue weighted by atomic mass is 32.2. The molecule has 0 saturated heterocycles. The van der Waals surface area contributed by atoms with Gasteiger partial charge < -0.3 is 5.11 Å². The van der Waals surface area contributed by atoms with Crippen molar-refractivity contribution in [3.63, 3.8) is 0 Å². The average molecular weight is 309 g/mol. The molecule has 1 heterocycles. The average Bonchev–Trinajstić information content (AvgIpc) is 2.96. The summed E-state index contributed by atoms with van der Waals surface area (Å²) in [5, 5.41) is 12.7. The monoisotopic (exact) mass is 309 g/mol. The lowest BCUT2D eigenvalue weighted by molar-refractivity contribution is 0.277. The van der Waals surface area contributed by atoms with Crippen LogP contribution in [0.4, 0.5) is 0 Å². The van der Waals surface area contributed by atoms with Gasteiger partial charge in [0, 0.05) is 25.9 Å². The third-order valence-electron chi connectivity index (χ3n) is 3.01. The van der Waals surface area contributed by atoms with Gasteiger partial charge in [0.25, 0.3) is 0 Å². The molecule has 2 rings (SSSR count). The van der Waals surface area contributed by atoms with Gasteiger partial charge in [0.05, 0.1) is 6.20 Å². The maximum Gasteiger partial charge on any atom is 0.243 e. The minimum absolute atomic E-state index is 0.0528. The fourth-order valence-electron chi connectivity index (χ4n) is 1.90. The molecule has 0 fully saturated rings. The van der Waals surface area contributed by atoms with E-state index in [1.807, 2.05) is 30.3 Å². The standard InChI is InChI=1S/C14H19N3O3S/c18-10-4-9-17-12-14(11-15-17)21(19,20)16-8-7-13-5-2-1-3-6-13/h1-3,5-6,11-12,16,18H,4,7-10H2. The topological polar surface area (TPSA) is 84.2 Å². The summed E-state index contributed by atoms with van der Waals surface area (Å²) in [7, 11) is -3.53. The van der Waals surface area contributed by atoms with Crippen molar-refractivity contribution in [2.24, 2.45) is 0 Å². The summed E-state index contributed by atoms with van der Waals surface area (Å²) in [6, 6.07) is 9.70. The summed E-state index contributed by atoms with van der Waals surface area (Å²) in [6.07, 6.45) is 3.98. The van der Waals surface area contributed by atoms with Gasteiger partial charge in [-0.1, -0.05) is 30.3 Å². The second kappa shape index (κ2) is 7.35. The molecule has 1 aromatic carbocycles. The van der Waals surface area contributed by atoms with E-state index in [-0.39, 0.29) is 11.5 Å². The van der Waals surface area contributed by atoms with E-state index in [4.69, 9.17) is 5.11 Å². The Morgan fingerprint density at radius 2 is 2.00 bits per heavy atom. The predicted octanol–water partition coefficient (Wildman–Crippen LogP) is 0.786. The lowest BCUT2D eigenvalue weighted by Crippen LogP contribution is -2.25. The zero-order valence-corrected chi connectivity index (χ0v) is 12.5. The van der Waals surface area contributed by atoms with Crippen molar-refractivity contribution in [2.75, 3.05) is 13.2 Å². The highest BCUT2D eigenvalue weighted by Gasteiger charge is 2.15. The predicted molar refractivity (Wildman–Crippen MR) is 79.3 cm³/mol. The molecule has 0 aliphatic heterocycles. The molecule has 1 aromatic heterocycles. The van der Waals surface area contributed by atoms with E-state index in [9.17, 15) is 8.42 Å². The van der Waals surface area contributed by atoms with Crippen LogP contribution in [0.25, 0.3) is 0 Å². The fraction of sp³-hybridized carbons (Fsp3) is 0.357. The van der Waals surface area contributed by atoms with Crippen molar-refractivity contribution in [2.45, 2.75) is 24.3 Å². The Morgan fingerprint density at radius 3 is 2.71 bits per heavy atom. The van der Waals surface area contributed by atoms with E-state index < -0.39 is 10.0 Å². The van der Waals surface area contributed by atoms with E-state index in [0.717, 1.165) is 5.56 Å². The minimum atomic E-state index is -3.53. The van der Waals surface area contributed by atoms with E-state index in [0.29, 0.717) is 25.9 Å². The maximum atomic E-state index is 12.1. The summed E-state index contributed by atoms with van der Waals surface area (Å²) in [5.41, 5.74) is 1.08. The van der Waals surface area contributed by atoms with Gasteiger partial charge in [0.2, 0.25) is 10.0 Å². The minimum Gasteiger partial charge on any atom is -0.396 e. The molecule has 2 aromatic rings. The first-order valence-corrected chi connectivity index (χ1v) is 8.27. The first-order valence-electron chi connectivity index (χ1n) is 6.79. The molecule has 0 amide bonds. The molecular formula is C14H19N3O3S. The number of nitrogens with zero attached hydrogens (tertiary/aromatic N) is 2. The van der Waals surface area contributed by atoms with Gasteiger partial charge in [0.1, 0.15) is 4.90 Å².